The van der Waals surface area contributed by atoms with Crippen LogP contribution in [-0.2, 0) is 6.18 Å². The summed E-state index contributed by atoms with van der Waals surface area (Å²) in [5.74, 6) is -0.377. The predicted molar refractivity (Wildman–Crippen MR) is 44.4 cm³/mol. The smallest absolute Gasteiger partial charge is 0.416 e. The standard InChI is InChI=1S/C8H7BF3O/c1-9-7-3-2-5(13)4-6(7)8(10,11)12/h2-4,13H,1H3. The Labute approximate surface area is 74.4 Å². The topological polar surface area (TPSA) is 20.2 Å². The Morgan fingerprint density at radius 2 is 1.92 bits per heavy atom. The van der Waals surface area contributed by atoms with E-state index in [1.807, 2.05) is 0 Å². The molecular weight excluding hydrogens is 180 g/mol. The van der Waals surface area contributed by atoms with Crippen LogP contribution in [0.5, 0.6) is 5.75 Å². The van der Waals surface area contributed by atoms with Gasteiger partial charge in [-0.05, 0) is 12.1 Å². The van der Waals surface area contributed by atoms with E-state index < -0.39 is 11.7 Å². The van der Waals surface area contributed by atoms with Crippen LogP contribution in [0.4, 0.5) is 13.2 Å². The van der Waals surface area contributed by atoms with E-state index in [-0.39, 0.29) is 11.2 Å². The van der Waals surface area contributed by atoms with Crippen LogP contribution in [-0.4, -0.2) is 12.4 Å². The van der Waals surface area contributed by atoms with Gasteiger partial charge >= 0.3 is 6.18 Å². The highest BCUT2D eigenvalue weighted by atomic mass is 19.4. The van der Waals surface area contributed by atoms with Crippen LogP contribution < -0.4 is 5.46 Å². The number of aromatic hydroxyl groups is 1. The maximum Gasteiger partial charge on any atom is 0.416 e. The summed E-state index contributed by atoms with van der Waals surface area (Å²) in [7, 11) is 1.35. The molecule has 13 heavy (non-hydrogen) atoms. The first-order chi connectivity index (χ1) is 5.95. The number of rotatable bonds is 1. The van der Waals surface area contributed by atoms with Gasteiger partial charge in [-0.15, -0.1) is 0 Å². The van der Waals surface area contributed by atoms with Gasteiger partial charge in [-0.3, -0.25) is 0 Å². The average Bonchev–Trinajstić information content (AvgIpc) is 2.03. The fourth-order valence-corrected chi connectivity index (χ4v) is 1.04. The molecule has 1 aromatic rings. The minimum absolute atomic E-state index is 0.0744. The molecule has 1 aromatic carbocycles. The molecular formula is C8H7BF3O. The van der Waals surface area contributed by atoms with E-state index in [0.717, 1.165) is 6.07 Å². The fraction of sp³-hybridized carbons (Fsp3) is 0.250. The molecule has 0 aliphatic rings. The number of benzene rings is 1. The van der Waals surface area contributed by atoms with Gasteiger partial charge in [0, 0.05) is 0 Å². The second-order valence-electron chi connectivity index (χ2n) is 2.56. The molecule has 69 valence electrons. The summed E-state index contributed by atoms with van der Waals surface area (Å²) in [5.41, 5.74) is -0.736. The number of alkyl halides is 3. The van der Waals surface area contributed by atoms with Crippen molar-refractivity contribution in [3.63, 3.8) is 0 Å². The van der Waals surface area contributed by atoms with Gasteiger partial charge in [0.1, 0.15) is 13.0 Å². The van der Waals surface area contributed by atoms with Crippen LogP contribution in [0.2, 0.25) is 6.82 Å². The van der Waals surface area contributed by atoms with E-state index >= 15 is 0 Å². The van der Waals surface area contributed by atoms with Gasteiger partial charge in [0.05, 0.1) is 5.56 Å². The van der Waals surface area contributed by atoms with Crippen molar-refractivity contribution >= 4 is 12.7 Å². The number of hydrogen-bond donors (Lipinski definition) is 1. The third kappa shape index (κ3) is 2.17. The lowest BCUT2D eigenvalue weighted by atomic mass is 9.71. The van der Waals surface area contributed by atoms with E-state index in [2.05, 4.69) is 0 Å². The number of phenols is 1. The average molecular weight is 187 g/mol. The van der Waals surface area contributed by atoms with Crippen molar-refractivity contribution in [3.8, 4) is 5.75 Å². The van der Waals surface area contributed by atoms with Crippen LogP contribution in [0.3, 0.4) is 0 Å². The summed E-state index contributed by atoms with van der Waals surface area (Å²) in [6, 6.07) is 3.18. The van der Waals surface area contributed by atoms with Gasteiger partial charge in [-0.2, -0.15) is 13.2 Å². The normalized spacial score (nSPS) is 11.4. The van der Waals surface area contributed by atoms with Crippen LogP contribution >= 0.6 is 0 Å². The molecule has 0 atom stereocenters. The zero-order valence-electron chi connectivity index (χ0n) is 6.89. The van der Waals surface area contributed by atoms with Gasteiger partial charge < -0.3 is 5.11 Å². The second kappa shape index (κ2) is 3.32. The van der Waals surface area contributed by atoms with Crippen molar-refractivity contribution in [3.05, 3.63) is 23.8 Å². The van der Waals surface area contributed by atoms with E-state index in [1.165, 1.54) is 26.2 Å². The number of phenolic OH excluding ortho intramolecular Hbond substituents is 1. The fourth-order valence-electron chi connectivity index (χ4n) is 1.04. The molecule has 0 saturated heterocycles. The summed E-state index contributed by atoms with van der Waals surface area (Å²) < 4.78 is 36.9. The Balaban J connectivity index is 3.24. The van der Waals surface area contributed by atoms with Crippen molar-refractivity contribution in [2.75, 3.05) is 0 Å². The molecule has 1 N–H and O–H groups in total. The lowest BCUT2D eigenvalue weighted by Crippen LogP contribution is -2.23. The van der Waals surface area contributed by atoms with Gasteiger partial charge in [0.15, 0.2) is 0 Å². The molecule has 0 fully saturated rings. The largest absolute Gasteiger partial charge is 0.508 e. The van der Waals surface area contributed by atoms with Gasteiger partial charge in [-0.25, -0.2) is 0 Å². The summed E-state index contributed by atoms with van der Waals surface area (Å²) in [6.07, 6.45) is -4.42. The zero-order chi connectivity index (χ0) is 10.1. The predicted octanol–water partition coefficient (Wildman–Crippen LogP) is 1.79. The van der Waals surface area contributed by atoms with Crippen LogP contribution in [0.25, 0.3) is 0 Å². The first-order valence-corrected chi connectivity index (χ1v) is 3.64. The molecule has 1 nitrogen and oxygen atoms in total. The first-order valence-electron chi connectivity index (χ1n) is 3.64. The molecule has 0 aliphatic heterocycles. The molecule has 1 rings (SSSR count). The highest BCUT2D eigenvalue weighted by Crippen LogP contribution is 2.29. The number of halogens is 3. The molecule has 0 heterocycles. The quantitative estimate of drug-likeness (QED) is 0.664. The minimum atomic E-state index is -4.42. The highest BCUT2D eigenvalue weighted by molar-refractivity contribution is 6.52. The first kappa shape index (κ1) is 9.96. The van der Waals surface area contributed by atoms with Gasteiger partial charge in [-0.1, -0.05) is 18.4 Å². The van der Waals surface area contributed by atoms with E-state index in [0.29, 0.717) is 0 Å². The lowest BCUT2D eigenvalue weighted by Gasteiger charge is -2.11. The monoisotopic (exact) mass is 187 g/mol. The van der Waals surface area contributed by atoms with Crippen molar-refractivity contribution in [1.82, 2.24) is 0 Å². The third-order valence-corrected chi connectivity index (χ3v) is 1.65. The molecule has 0 saturated carbocycles. The molecule has 5 heteroatoms. The third-order valence-electron chi connectivity index (χ3n) is 1.65. The summed E-state index contributed by atoms with van der Waals surface area (Å²) in [4.78, 5) is 0. The Bertz CT molecular complexity index is 309. The molecule has 0 bridgehead atoms. The maximum atomic E-state index is 12.3. The molecule has 0 aliphatic carbocycles. The second-order valence-corrected chi connectivity index (χ2v) is 2.56. The highest BCUT2D eigenvalue weighted by Gasteiger charge is 2.32. The Kier molecular flexibility index (Phi) is 2.54. The minimum Gasteiger partial charge on any atom is -0.508 e. The van der Waals surface area contributed by atoms with E-state index in [1.54, 1.807) is 0 Å². The lowest BCUT2D eigenvalue weighted by molar-refractivity contribution is -0.136. The number of hydrogen-bond acceptors (Lipinski definition) is 1. The maximum absolute atomic E-state index is 12.3. The Morgan fingerprint density at radius 1 is 1.31 bits per heavy atom. The van der Waals surface area contributed by atoms with Crippen LogP contribution in [0.1, 0.15) is 5.56 Å². The molecule has 0 aromatic heterocycles. The zero-order valence-corrected chi connectivity index (χ0v) is 6.89. The SMILES string of the molecule is C[B]c1ccc(O)cc1C(F)(F)F. The molecule has 1 radical (unpaired) electrons. The van der Waals surface area contributed by atoms with Crippen LogP contribution in [0.15, 0.2) is 18.2 Å². The van der Waals surface area contributed by atoms with Gasteiger partial charge in [0.2, 0.25) is 0 Å². The van der Waals surface area contributed by atoms with Gasteiger partial charge in [0.25, 0.3) is 0 Å². The van der Waals surface area contributed by atoms with Crippen molar-refractivity contribution < 1.29 is 18.3 Å². The van der Waals surface area contributed by atoms with Crippen molar-refractivity contribution in [1.29, 1.82) is 0 Å². The summed E-state index contributed by atoms with van der Waals surface area (Å²) in [5, 5.41) is 8.88. The van der Waals surface area contributed by atoms with E-state index in [9.17, 15) is 13.2 Å². The Hall–Kier alpha value is -1.13. The molecule has 0 spiro atoms. The molecule has 0 unspecified atom stereocenters. The van der Waals surface area contributed by atoms with E-state index in [4.69, 9.17) is 5.11 Å². The molecule has 0 amide bonds. The summed E-state index contributed by atoms with van der Waals surface area (Å²) in [6.45, 7) is 1.52. The van der Waals surface area contributed by atoms with Crippen molar-refractivity contribution in [2.24, 2.45) is 0 Å². The van der Waals surface area contributed by atoms with Crippen LogP contribution in [0, 0.1) is 0 Å². The van der Waals surface area contributed by atoms with Crippen molar-refractivity contribution in [2.45, 2.75) is 13.0 Å². The Morgan fingerprint density at radius 3 is 2.38 bits per heavy atom. The summed E-state index contributed by atoms with van der Waals surface area (Å²) >= 11 is 0.